The van der Waals surface area contributed by atoms with Crippen LogP contribution in [0.2, 0.25) is 0 Å². The predicted octanol–water partition coefficient (Wildman–Crippen LogP) is 2.32. The van der Waals surface area contributed by atoms with E-state index in [0.717, 1.165) is 12.2 Å². The average molecular weight is 253 g/mol. The van der Waals surface area contributed by atoms with E-state index in [-0.39, 0.29) is 11.7 Å². The van der Waals surface area contributed by atoms with Crippen LogP contribution in [0.25, 0.3) is 11.5 Å². The Morgan fingerprint density at radius 2 is 2.12 bits per heavy atom. The number of nitrogens with two attached hydrogens (primary N) is 1. The van der Waals surface area contributed by atoms with E-state index in [1.54, 1.807) is 18.2 Å². The average Bonchev–Trinajstić information content (AvgIpc) is 2.79. The van der Waals surface area contributed by atoms with Crippen LogP contribution in [-0.4, -0.2) is 22.5 Å². The van der Waals surface area contributed by atoms with Crippen molar-refractivity contribution in [3.63, 3.8) is 0 Å². The Hall–Kier alpha value is -1.40. The fraction of sp³-hybridized carbons (Fsp3) is 0.273. The highest BCUT2D eigenvalue weighted by atomic mass is 32.2. The molecule has 1 heterocycles. The maximum Gasteiger partial charge on any atom is 0.276 e. The normalized spacial score (nSPS) is 10.7. The first-order valence-corrected chi connectivity index (χ1v) is 6.21. The molecule has 0 aliphatic rings. The SMILES string of the molecule is NCCCSc1nnc(-c2ccccc2F)o1. The summed E-state index contributed by atoms with van der Waals surface area (Å²) in [5.74, 6) is 0.656. The van der Waals surface area contributed by atoms with E-state index in [4.69, 9.17) is 10.2 Å². The first-order chi connectivity index (χ1) is 8.31. The van der Waals surface area contributed by atoms with Gasteiger partial charge in [-0.05, 0) is 25.1 Å². The van der Waals surface area contributed by atoms with Gasteiger partial charge in [0.15, 0.2) is 0 Å². The minimum Gasteiger partial charge on any atom is -0.411 e. The molecule has 2 N–H and O–H groups in total. The molecule has 0 bridgehead atoms. The molecule has 0 atom stereocenters. The highest BCUT2D eigenvalue weighted by Gasteiger charge is 2.12. The van der Waals surface area contributed by atoms with Crippen molar-refractivity contribution < 1.29 is 8.81 Å². The predicted molar refractivity (Wildman–Crippen MR) is 64.1 cm³/mol. The largest absolute Gasteiger partial charge is 0.411 e. The molecule has 90 valence electrons. The number of thioether (sulfide) groups is 1. The molecule has 0 unspecified atom stereocenters. The number of hydrogen-bond donors (Lipinski definition) is 1. The molecule has 0 fully saturated rings. The minimum atomic E-state index is -0.366. The molecule has 0 saturated heterocycles. The molecular weight excluding hydrogens is 241 g/mol. The van der Waals surface area contributed by atoms with Gasteiger partial charge in [0.2, 0.25) is 0 Å². The second-order valence-corrected chi connectivity index (χ2v) is 4.39. The Balaban J connectivity index is 2.10. The third-order valence-electron chi connectivity index (χ3n) is 2.08. The van der Waals surface area contributed by atoms with E-state index in [9.17, 15) is 4.39 Å². The van der Waals surface area contributed by atoms with Crippen molar-refractivity contribution in [2.45, 2.75) is 11.6 Å². The van der Waals surface area contributed by atoms with E-state index in [2.05, 4.69) is 10.2 Å². The summed E-state index contributed by atoms with van der Waals surface area (Å²) in [5.41, 5.74) is 5.70. The van der Waals surface area contributed by atoms with E-state index in [1.165, 1.54) is 17.8 Å². The fourth-order valence-corrected chi connectivity index (χ4v) is 1.98. The van der Waals surface area contributed by atoms with Gasteiger partial charge in [0.05, 0.1) is 5.56 Å². The number of aromatic nitrogens is 2. The van der Waals surface area contributed by atoms with Crippen molar-refractivity contribution in [1.82, 2.24) is 10.2 Å². The fourth-order valence-electron chi connectivity index (χ4n) is 1.25. The van der Waals surface area contributed by atoms with Crippen LogP contribution in [0.4, 0.5) is 4.39 Å². The van der Waals surface area contributed by atoms with Gasteiger partial charge in [-0.2, -0.15) is 0 Å². The van der Waals surface area contributed by atoms with E-state index < -0.39 is 0 Å². The highest BCUT2D eigenvalue weighted by Crippen LogP contribution is 2.25. The highest BCUT2D eigenvalue weighted by molar-refractivity contribution is 7.99. The number of nitrogens with zero attached hydrogens (tertiary/aromatic N) is 2. The molecule has 0 amide bonds. The van der Waals surface area contributed by atoms with Crippen molar-refractivity contribution in [1.29, 1.82) is 0 Å². The molecule has 4 nitrogen and oxygen atoms in total. The summed E-state index contributed by atoms with van der Waals surface area (Å²) in [7, 11) is 0. The maximum absolute atomic E-state index is 13.4. The number of hydrogen-bond acceptors (Lipinski definition) is 5. The molecular formula is C11H12FN3OS. The van der Waals surface area contributed by atoms with Gasteiger partial charge in [-0.25, -0.2) is 4.39 Å². The Kier molecular flexibility index (Phi) is 4.11. The molecule has 0 aliphatic carbocycles. The van der Waals surface area contributed by atoms with E-state index in [0.29, 0.717) is 17.3 Å². The Morgan fingerprint density at radius 1 is 1.29 bits per heavy atom. The molecule has 6 heteroatoms. The van der Waals surface area contributed by atoms with Crippen molar-refractivity contribution in [2.75, 3.05) is 12.3 Å². The lowest BCUT2D eigenvalue weighted by molar-refractivity contribution is 0.463. The maximum atomic E-state index is 13.4. The van der Waals surface area contributed by atoms with Crippen LogP contribution >= 0.6 is 11.8 Å². The van der Waals surface area contributed by atoms with Gasteiger partial charge in [0.1, 0.15) is 5.82 Å². The van der Waals surface area contributed by atoms with Crippen LogP contribution in [0.5, 0.6) is 0 Å². The molecule has 17 heavy (non-hydrogen) atoms. The van der Waals surface area contributed by atoms with Crippen molar-refractivity contribution >= 4 is 11.8 Å². The van der Waals surface area contributed by atoms with Crippen LogP contribution in [0.15, 0.2) is 33.9 Å². The van der Waals surface area contributed by atoms with Crippen LogP contribution in [0.1, 0.15) is 6.42 Å². The molecule has 2 aromatic rings. The quantitative estimate of drug-likeness (QED) is 0.654. The zero-order chi connectivity index (χ0) is 12.1. The summed E-state index contributed by atoms with van der Waals surface area (Å²) in [6.45, 7) is 0.626. The van der Waals surface area contributed by atoms with Crippen LogP contribution in [0.3, 0.4) is 0 Å². The second kappa shape index (κ2) is 5.79. The first kappa shape index (κ1) is 12.1. The zero-order valence-corrected chi connectivity index (χ0v) is 9.91. The van der Waals surface area contributed by atoms with Crippen molar-refractivity contribution in [3.05, 3.63) is 30.1 Å². The molecule has 2 rings (SSSR count). The summed E-state index contributed by atoms with van der Waals surface area (Å²) < 4.78 is 18.8. The van der Waals surface area contributed by atoms with Gasteiger partial charge in [-0.1, -0.05) is 23.9 Å². The molecule has 0 aliphatic heterocycles. The molecule has 1 aromatic carbocycles. The zero-order valence-electron chi connectivity index (χ0n) is 9.10. The van der Waals surface area contributed by atoms with Gasteiger partial charge in [-0.3, -0.25) is 0 Å². The lowest BCUT2D eigenvalue weighted by atomic mass is 10.2. The number of rotatable bonds is 5. The third kappa shape index (κ3) is 3.04. The Morgan fingerprint density at radius 3 is 2.88 bits per heavy atom. The molecule has 0 spiro atoms. The molecule has 0 saturated carbocycles. The number of benzene rings is 1. The Labute approximate surface area is 102 Å². The minimum absolute atomic E-state index is 0.207. The van der Waals surface area contributed by atoms with Gasteiger partial charge < -0.3 is 10.2 Å². The summed E-state index contributed by atoms with van der Waals surface area (Å²) in [6.07, 6.45) is 0.877. The van der Waals surface area contributed by atoms with Crippen LogP contribution in [0, 0.1) is 5.82 Å². The third-order valence-corrected chi connectivity index (χ3v) is 2.99. The Bertz CT molecular complexity index is 489. The lowest BCUT2D eigenvalue weighted by Gasteiger charge is -1.95. The standard InChI is InChI=1S/C11H12FN3OS/c12-9-5-2-1-4-8(9)10-14-15-11(16-10)17-7-3-6-13/h1-2,4-5H,3,6-7,13H2. The summed E-state index contributed by atoms with van der Waals surface area (Å²) in [4.78, 5) is 0. The van der Waals surface area contributed by atoms with Crippen LogP contribution < -0.4 is 5.73 Å². The monoisotopic (exact) mass is 253 g/mol. The second-order valence-electron chi connectivity index (χ2n) is 3.34. The lowest BCUT2D eigenvalue weighted by Crippen LogP contribution is -1.99. The van der Waals surface area contributed by atoms with Gasteiger partial charge >= 0.3 is 0 Å². The van der Waals surface area contributed by atoms with Crippen molar-refractivity contribution in [3.8, 4) is 11.5 Å². The van der Waals surface area contributed by atoms with Crippen LogP contribution in [-0.2, 0) is 0 Å². The molecule has 0 radical (unpaired) electrons. The summed E-state index contributed by atoms with van der Waals surface area (Å²) >= 11 is 1.42. The smallest absolute Gasteiger partial charge is 0.276 e. The molecule has 1 aromatic heterocycles. The van der Waals surface area contributed by atoms with Gasteiger partial charge in [-0.15, -0.1) is 10.2 Å². The summed E-state index contributed by atoms with van der Waals surface area (Å²) in [6, 6.07) is 6.31. The summed E-state index contributed by atoms with van der Waals surface area (Å²) in [5, 5.41) is 8.10. The van der Waals surface area contributed by atoms with E-state index >= 15 is 0 Å². The first-order valence-electron chi connectivity index (χ1n) is 5.22. The topological polar surface area (TPSA) is 64.9 Å². The van der Waals surface area contributed by atoms with Gasteiger partial charge in [0.25, 0.3) is 11.1 Å². The van der Waals surface area contributed by atoms with Crippen molar-refractivity contribution in [2.24, 2.45) is 5.73 Å². The van der Waals surface area contributed by atoms with Gasteiger partial charge in [0, 0.05) is 5.75 Å². The van der Waals surface area contributed by atoms with E-state index in [1.807, 2.05) is 0 Å². The number of halogens is 1.